The van der Waals surface area contributed by atoms with Crippen LogP contribution in [0.2, 0.25) is 0 Å². The van der Waals surface area contributed by atoms with E-state index in [4.69, 9.17) is 0 Å². The van der Waals surface area contributed by atoms with Crippen LogP contribution in [0.5, 0.6) is 0 Å². The lowest BCUT2D eigenvalue weighted by molar-refractivity contribution is 0.496. The van der Waals surface area contributed by atoms with Gasteiger partial charge in [0.05, 0.1) is 0 Å². The van der Waals surface area contributed by atoms with E-state index in [0.29, 0.717) is 6.04 Å². The summed E-state index contributed by atoms with van der Waals surface area (Å²) in [7, 11) is -1.99. The number of hydrogen-bond donors (Lipinski definition) is 1. The number of likely N-dealkylation sites (N-methyl/N-ethyl adjacent to an activating group) is 1. The van der Waals surface area contributed by atoms with Crippen molar-refractivity contribution in [3.05, 3.63) is 36.5 Å². The van der Waals surface area contributed by atoms with Gasteiger partial charge < -0.3 is 5.32 Å². The summed E-state index contributed by atoms with van der Waals surface area (Å²) in [5, 5.41) is 3.44. The molecule has 5 nitrogen and oxygen atoms in total. The highest BCUT2D eigenvalue weighted by Crippen LogP contribution is 2.19. The maximum absolute atomic E-state index is 12.1. The summed E-state index contributed by atoms with van der Waals surface area (Å²) in [4.78, 5) is 4.05. The van der Waals surface area contributed by atoms with Gasteiger partial charge in [0.25, 0.3) is 10.0 Å². The zero-order valence-corrected chi connectivity index (χ0v) is 11.9. The molecule has 6 heteroatoms. The third-order valence-corrected chi connectivity index (χ3v) is 4.77. The highest BCUT2D eigenvalue weighted by Gasteiger charge is 2.22. The standard InChI is InChI=1S/C13H19N3O2S/c1-3-8-16(2)19(17,18)13-7-4-11(10-15-13)9-14-12-5-6-12/h3-4,7,10,12,14H,1,5-6,8-9H2,2H3. The van der Waals surface area contributed by atoms with Gasteiger partial charge in [-0.05, 0) is 24.5 Å². The highest BCUT2D eigenvalue weighted by molar-refractivity contribution is 7.89. The minimum atomic E-state index is -3.51. The number of sulfonamides is 1. The first-order valence-electron chi connectivity index (χ1n) is 6.29. The Labute approximate surface area is 114 Å². The second kappa shape index (κ2) is 5.81. The average molecular weight is 281 g/mol. The molecule has 104 valence electrons. The van der Waals surface area contributed by atoms with Gasteiger partial charge in [0, 0.05) is 32.4 Å². The lowest BCUT2D eigenvalue weighted by Crippen LogP contribution is -2.27. The Kier molecular flexibility index (Phi) is 4.34. The van der Waals surface area contributed by atoms with E-state index in [0.717, 1.165) is 12.1 Å². The molecule has 0 aliphatic heterocycles. The monoisotopic (exact) mass is 281 g/mol. The molecule has 1 N–H and O–H groups in total. The molecule has 1 aliphatic carbocycles. The fraction of sp³-hybridized carbons (Fsp3) is 0.462. The van der Waals surface area contributed by atoms with Crippen molar-refractivity contribution in [1.29, 1.82) is 0 Å². The molecule has 0 radical (unpaired) electrons. The molecule has 0 saturated heterocycles. The maximum Gasteiger partial charge on any atom is 0.260 e. The molecule has 0 unspecified atom stereocenters. The van der Waals surface area contributed by atoms with Gasteiger partial charge in [0.1, 0.15) is 0 Å². The summed E-state index contributed by atoms with van der Waals surface area (Å²) in [6, 6.07) is 3.98. The smallest absolute Gasteiger partial charge is 0.260 e. The molecule has 0 bridgehead atoms. The molecule has 0 amide bonds. The van der Waals surface area contributed by atoms with Crippen molar-refractivity contribution in [2.45, 2.75) is 30.5 Å². The third kappa shape index (κ3) is 3.62. The minimum Gasteiger partial charge on any atom is -0.310 e. The molecular formula is C13H19N3O2S. The molecule has 1 saturated carbocycles. The number of pyridine rings is 1. The van der Waals surface area contributed by atoms with Crippen LogP contribution in [-0.2, 0) is 16.6 Å². The Balaban J connectivity index is 2.05. The van der Waals surface area contributed by atoms with Crippen molar-refractivity contribution < 1.29 is 8.42 Å². The minimum absolute atomic E-state index is 0.0759. The van der Waals surface area contributed by atoms with E-state index in [-0.39, 0.29) is 11.6 Å². The van der Waals surface area contributed by atoms with Gasteiger partial charge >= 0.3 is 0 Å². The first kappa shape index (κ1) is 14.2. The normalized spacial score (nSPS) is 15.7. The molecular weight excluding hydrogens is 262 g/mol. The van der Waals surface area contributed by atoms with Gasteiger partial charge in [-0.2, -0.15) is 4.31 Å². The Morgan fingerprint density at radius 2 is 2.26 bits per heavy atom. The summed E-state index contributed by atoms with van der Waals surface area (Å²) >= 11 is 0. The Bertz CT molecular complexity index is 536. The zero-order valence-electron chi connectivity index (χ0n) is 11.0. The predicted molar refractivity (Wildman–Crippen MR) is 74.1 cm³/mol. The van der Waals surface area contributed by atoms with Gasteiger partial charge in [-0.15, -0.1) is 6.58 Å². The van der Waals surface area contributed by atoms with Gasteiger partial charge in [-0.25, -0.2) is 13.4 Å². The van der Waals surface area contributed by atoms with Crippen molar-refractivity contribution in [2.75, 3.05) is 13.6 Å². The van der Waals surface area contributed by atoms with Crippen LogP contribution in [0.15, 0.2) is 36.0 Å². The molecule has 1 heterocycles. The molecule has 1 aliphatic rings. The largest absolute Gasteiger partial charge is 0.310 e. The first-order chi connectivity index (χ1) is 9.04. The summed E-state index contributed by atoms with van der Waals surface area (Å²) in [5.41, 5.74) is 0.997. The first-order valence-corrected chi connectivity index (χ1v) is 7.73. The lowest BCUT2D eigenvalue weighted by atomic mass is 10.3. The number of hydrogen-bond acceptors (Lipinski definition) is 4. The van der Waals surface area contributed by atoms with Crippen LogP contribution in [0.25, 0.3) is 0 Å². The van der Waals surface area contributed by atoms with Crippen molar-refractivity contribution in [3.8, 4) is 0 Å². The molecule has 1 aromatic heterocycles. The van der Waals surface area contributed by atoms with E-state index in [1.54, 1.807) is 24.4 Å². The molecule has 0 spiro atoms. The number of aromatic nitrogens is 1. The van der Waals surface area contributed by atoms with E-state index in [2.05, 4.69) is 16.9 Å². The second-order valence-electron chi connectivity index (χ2n) is 4.73. The summed E-state index contributed by atoms with van der Waals surface area (Å²) in [6.07, 6.45) is 5.62. The van der Waals surface area contributed by atoms with Crippen molar-refractivity contribution >= 4 is 10.0 Å². The summed E-state index contributed by atoms with van der Waals surface area (Å²) in [6.45, 7) is 4.54. The molecule has 1 fully saturated rings. The Morgan fingerprint density at radius 1 is 1.53 bits per heavy atom. The quantitative estimate of drug-likeness (QED) is 0.761. The fourth-order valence-electron chi connectivity index (χ4n) is 1.66. The van der Waals surface area contributed by atoms with Crippen LogP contribution in [0.1, 0.15) is 18.4 Å². The predicted octanol–water partition coefficient (Wildman–Crippen LogP) is 1.14. The Morgan fingerprint density at radius 3 is 2.79 bits per heavy atom. The molecule has 0 aromatic carbocycles. The van der Waals surface area contributed by atoms with E-state index in [9.17, 15) is 8.42 Å². The van der Waals surface area contributed by atoms with Gasteiger partial charge in [0.2, 0.25) is 0 Å². The molecule has 0 atom stereocenters. The molecule has 19 heavy (non-hydrogen) atoms. The van der Waals surface area contributed by atoms with Crippen LogP contribution >= 0.6 is 0 Å². The SMILES string of the molecule is C=CCN(C)S(=O)(=O)c1ccc(CNC2CC2)cn1. The highest BCUT2D eigenvalue weighted by atomic mass is 32.2. The Hall–Kier alpha value is -1.24. The topological polar surface area (TPSA) is 62.3 Å². The van der Waals surface area contributed by atoms with Crippen molar-refractivity contribution in [1.82, 2.24) is 14.6 Å². The second-order valence-corrected chi connectivity index (χ2v) is 6.73. The van der Waals surface area contributed by atoms with Crippen LogP contribution in [0.4, 0.5) is 0 Å². The van der Waals surface area contributed by atoms with Gasteiger partial charge in [-0.3, -0.25) is 0 Å². The number of nitrogens with zero attached hydrogens (tertiary/aromatic N) is 2. The zero-order chi connectivity index (χ0) is 13.9. The third-order valence-electron chi connectivity index (χ3n) is 3.03. The van der Waals surface area contributed by atoms with E-state index in [1.807, 2.05) is 0 Å². The fourth-order valence-corrected chi connectivity index (χ4v) is 2.70. The van der Waals surface area contributed by atoms with Crippen LogP contribution in [0, 0.1) is 0 Å². The number of rotatable bonds is 7. The number of nitrogens with one attached hydrogen (secondary N) is 1. The van der Waals surface area contributed by atoms with Crippen LogP contribution < -0.4 is 5.32 Å². The molecule has 2 rings (SSSR count). The van der Waals surface area contributed by atoms with Crippen LogP contribution in [-0.4, -0.2) is 37.3 Å². The van der Waals surface area contributed by atoms with Gasteiger partial charge in [-0.1, -0.05) is 12.1 Å². The summed E-state index contributed by atoms with van der Waals surface area (Å²) < 4.78 is 25.4. The lowest BCUT2D eigenvalue weighted by Gasteiger charge is -2.14. The average Bonchev–Trinajstić information content (AvgIpc) is 3.21. The van der Waals surface area contributed by atoms with E-state index in [1.165, 1.54) is 24.2 Å². The maximum atomic E-state index is 12.1. The van der Waals surface area contributed by atoms with E-state index >= 15 is 0 Å². The van der Waals surface area contributed by atoms with Crippen molar-refractivity contribution in [2.24, 2.45) is 0 Å². The molecule has 1 aromatic rings. The van der Waals surface area contributed by atoms with Crippen LogP contribution in [0.3, 0.4) is 0 Å². The summed E-state index contributed by atoms with van der Waals surface area (Å²) in [5.74, 6) is 0. The van der Waals surface area contributed by atoms with E-state index < -0.39 is 10.0 Å². The van der Waals surface area contributed by atoms with Gasteiger partial charge in [0.15, 0.2) is 5.03 Å². The van der Waals surface area contributed by atoms with Crippen molar-refractivity contribution in [3.63, 3.8) is 0 Å².